The lowest BCUT2D eigenvalue weighted by Gasteiger charge is -2.10. The van der Waals surface area contributed by atoms with Crippen molar-refractivity contribution in [2.45, 2.75) is 32.0 Å². The number of hydrogen-bond donors (Lipinski definition) is 1. The number of anilines is 1. The van der Waals surface area contributed by atoms with Crippen molar-refractivity contribution in [2.24, 2.45) is 0 Å². The van der Waals surface area contributed by atoms with E-state index in [1.807, 2.05) is 6.92 Å². The van der Waals surface area contributed by atoms with Crippen molar-refractivity contribution in [3.8, 4) is 0 Å². The van der Waals surface area contributed by atoms with Gasteiger partial charge in [0.05, 0.1) is 12.3 Å². The summed E-state index contributed by atoms with van der Waals surface area (Å²) in [7, 11) is 0. The van der Waals surface area contributed by atoms with Gasteiger partial charge >= 0.3 is 0 Å². The first kappa shape index (κ1) is 10.0. The summed E-state index contributed by atoms with van der Waals surface area (Å²) in [5, 5.41) is 2.67. The number of carbonyl (C=O) groups is 1. The molecular weight excluding hydrogens is 194 g/mol. The minimum atomic E-state index is -0.345. The summed E-state index contributed by atoms with van der Waals surface area (Å²) >= 11 is 0. The highest BCUT2D eigenvalue weighted by molar-refractivity contribution is 5.93. The maximum atomic E-state index is 11.7. The van der Waals surface area contributed by atoms with E-state index in [9.17, 15) is 4.79 Å². The van der Waals surface area contributed by atoms with Gasteiger partial charge in [0.25, 0.3) is 5.91 Å². The van der Waals surface area contributed by atoms with Gasteiger partial charge in [0.15, 0.2) is 5.82 Å². The molecule has 0 radical (unpaired) electrons. The molecule has 1 aliphatic rings. The van der Waals surface area contributed by atoms with Gasteiger partial charge in [0.1, 0.15) is 6.10 Å². The fourth-order valence-electron chi connectivity index (χ4n) is 1.57. The number of amides is 1. The molecule has 2 heterocycles. The molecule has 5 nitrogen and oxygen atoms in total. The van der Waals surface area contributed by atoms with Crippen LogP contribution in [-0.2, 0) is 9.53 Å². The number of hydrogen-bond acceptors (Lipinski definition) is 4. The molecule has 1 N–H and O–H groups in total. The molecule has 1 aromatic heterocycles. The quantitative estimate of drug-likeness (QED) is 0.785. The van der Waals surface area contributed by atoms with Crippen LogP contribution in [0.3, 0.4) is 0 Å². The Balaban J connectivity index is 1.93. The maximum absolute atomic E-state index is 11.7. The van der Waals surface area contributed by atoms with Gasteiger partial charge < -0.3 is 10.1 Å². The van der Waals surface area contributed by atoms with Crippen molar-refractivity contribution in [3.63, 3.8) is 0 Å². The Morgan fingerprint density at radius 1 is 1.53 bits per heavy atom. The van der Waals surface area contributed by atoms with Crippen LogP contribution in [0.5, 0.6) is 0 Å². The average molecular weight is 207 g/mol. The van der Waals surface area contributed by atoms with E-state index in [-0.39, 0.29) is 18.1 Å². The molecule has 0 saturated carbocycles. The molecule has 0 unspecified atom stereocenters. The molecule has 15 heavy (non-hydrogen) atoms. The first-order chi connectivity index (χ1) is 7.25. The Bertz CT molecular complexity index is 342. The molecule has 80 valence electrons. The average Bonchev–Trinajstić information content (AvgIpc) is 2.66. The second kappa shape index (κ2) is 4.35. The monoisotopic (exact) mass is 207 g/mol. The summed E-state index contributed by atoms with van der Waals surface area (Å²) in [6, 6.07) is 0. The third-order valence-electron chi connectivity index (χ3n) is 2.34. The number of carbonyl (C=O) groups excluding carboxylic acids is 1. The van der Waals surface area contributed by atoms with Gasteiger partial charge in [-0.25, -0.2) is 4.98 Å². The minimum absolute atomic E-state index is 0.139. The third kappa shape index (κ3) is 2.50. The van der Waals surface area contributed by atoms with Crippen molar-refractivity contribution >= 4 is 11.7 Å². The van der Waals surface area contributed by atoms with E-state index in [0.717, 1.165) is 12.8 Å². The zero-order chi connectivity index (χ0) is 10.7. The summed E-state index contributed by atoms with van der Waals surface area (Å²) in [6.45, 7) is 1.97. The molecule has 5 heteroatoms. The molecular formula is C10H13N3O2. The fourth-order valence-corrected chi connectivity index (χ4v) is 1.57. The van der Waals surface area contributed by atoms with E-state index in [0.29, 0.717) is 5.82 Å². The standard InChI is InChI=1S/C10H13N3O2/c1-7-2-3-8(15-7)10(14)13-9-6-11-4-5-12-9/h4-8H,2-3H2,1H3,(H,12,13,14)/t7-,8+/m0/s1. The Labute approximate surface area is 87.9 Å². The molecule has 0 aromatic carbocycles. The maximum Gasteiger partial charge on any atom is 0.254 e. The van der Waals surface area contributed by atoms with Gasteiger partial charge in [-0.05, 0) is 19.8 Å². The summed E-state index contributed by atoms with van der Waals surface area (Å²) in [6.07, 6.45) is 6.13. The normalized spacial score (nSPS) is 25.1. The summed E-state index contributed by atoms with van der Waals surface area (Å²) in [5.41, 5.74) is 0. The predicted molar refractivity (Wildman–Crippen MR) is 54.2 cm³/mol. The Morgan fingerprint density at radius 3 is 3.00 bits per heavy atom. The molecule has 1 amide bonds. The highest BCUT2D eigenvalue weighted by Crippen LogP contribution is 2.19. The van der Waals surface area contributed by atoms with Crippen LogP contribution in [0.15, 0.2) is 18.6 Å². The highest BCUT2D eigenvalue weighted by Gasteiger charge is 2.28. The van der Waals surface area contributed by atoms with Crippen LogP contribution < -0.4 is 5.32 Å². The molecule has 0 spiro atoms. The third-order valence-corrected chi connectivity index (χ3v) is 2.34. The summed E-state index contributed by atoms with van der Waals surface area (Å²) in [4.78, 5) is 19.5. The number of ether oxygens (including phenoxy) is 1. The van der Waals surface area contributed by atoms with Crippen LogP contribution in [0.4, 0.5) is 5.82 Å². The van der Waals surface area contributed by atoms with Crippen LogP contribution in [0.25, 0.3) is 0 Å². The van der Waals surface area contributed by atoms with Crippen LogP contribution in [0, 0.1) is 0 Å². The van der Waals surface area contributed by atoms with Crippen molar-refractivity contribution in [1.82, 2.24) is 9.97 Å². The van der Waals surface area contributed by atoms with Gasteiger partial charge in [-0.2, -0.15) is 0 Å². The van der Waals surface area contributed by atoms with Gasteiger partial charge in [-0.15, -0.1) is 0 Å². The predicted octanol–water partition coefficient (Wildman–Crippen LogP) is 0.983. The molecule has 1 saturated heterocycles. The van der Waals surface area contributed by atoms with Crippen molar-refractivity contribution in [2.75, 3.05) is 5.32 Å². The largest absolute Gasteiger partial charge is 0.365 e. The zero-order valence-electron chi connectivity index (χ0n) is 8.51. The van der Waals surface area contributed by atoms with E-state index in [1.54, 1.807) is 6.20 Å². The lowest BCUT2D eigenvalue weighted by molar-refractivity contribution is -0.126. The molecule has 0 aliphatic carbocycles. The van der Waals surface area contributed by atoms with E-state index in [4.69, 9.17) is 4.74 Å². The number of aromatic nitrogens is 2. The molecule has 1 aromatic rings. The van der Waals surface area contributed by atoms with Gasteiger partial charge in [0.2, 0.25) is 0 Å². The summed E-state index contributed by atoms with van der Waals surface area (Å²) < 4.78 is 5.44. The van der Waals surface area contributed by atoms with E-state index in [2.05, 4.69) is 15.3 Å². The second-order valence-corrected chi connectivity index (χ2v) is 3.59. The molecule has 2 rings (SSSR count). The number of rotatable bonds is 2. The first-order valence-electron chi connectivity index (χ1n) is 4.98. The van der Waals surface area contributed by atoms with E-state index < -0.39 is 0 Å². The molecule has 1 fully saturated rings. The van der Waals surface area contributed by atoms with Gasteiger partial charge in [-0.1, -0.05) is 0 Å². The van der Waals surface area contributed by atoms with Crippen molar-refractivity contribution < 1.29 is 9.53 Å². The van der Waals surface area contributed by atoms with E-state index in [1.165, 1.54) is 12.4 Å². The second-order valence-electron chi connectivity index (χ2n) is 3.59. The van der Waals surface area contributed by atoms with Gasteiger partial charge in [0, 0.05) is 12.4 Å². The van der Waals surface area contributed by atoms with Gasteiger partial charge in [-0.3, -0.25) is 9.78 Å². The Hall–Kier alpha value is -1.49. The van der Waals surface area contributed by atoms with E-state index >= 15 is 0 Å². The molecule has 1 aliphatic heterocycles. The summed E-state index contributed by atoms with van der Waals surface area (Å²) in [5.74, 6) is 0.325. The SMILES string of the molecule is C[C@H]1CC[C@H](C(=O)Nc2cnccn2)O1. The fraction of sp³-hybridized carbons (Fsp3) is 0.500. The van der Waals surface area contributed by atoms with Crippen LogP contribution in [0.1, 0.15) is 19.8 Å². The lowest BCUT2D eigenvalue weighted by atomic mass is 10.2. The Kier molecular flexibility index (Phi) is 2.91. The first-order valence-corrected chi connectivity index (χ1v) is 4.98. The minimum Gasteiger partial charge on any atom is -0.365 e. The topological polar surface area (TPSA) is 64.1 Å². The van der Waals surface area contributed by atoms with Crippen LogP contribution in [0.2, 0.25) is 0 Å². The lowest BCUT2D eigenvalue weighted by Crippen LogP contribution is -2.28. The molecule has 2 atom stereocenters. The highest BCUT2D eigenvalue weighted by atomic mass is 16.5. The Morgan fingerprint density at radius 2 is 2.40 bits per heavy atom. The van der Waals surface area contributed by atoms with Crippen molar-refractivity contribution in [3.05, 3.63) is 18.6 Å². The number of nitrogens with zero attached hydrogens (tertiary/aromatic N) is 2. The van der Waals surface area contributed by atoms with Crippen molar-refractivity contribution in [1.29, 1.82) is 0 Å². The van der Waals surface area contributed by atoms with Crippen LogP contribution >= 0.6 is 0 Å². The zero-order valence-corrected chi connectivity index (χ0v) is 8.51. The smallest absolute Gasteiger partial charge is 0.254 e. The van der Waals surface area contributed by atoms with Crippen LogP contribution in [-0.4, -0.2) is 28.1 Å². The molecule has 0 bridgehead atoms. The number of nitrogens with one attached hydrogen (secondary N) is 1.